The van der Waals surface area contributed by atoms with Crippen LogP contribution in [0.25, 0.3) is 0 Å². The molecule has 0 aliphatic carbocycles. The molecule has 0 saturated carbocycles. The van der Waals surface area contributed by atoms with Crippen LogP contribution in [0.4, 0.5) is 0 Å². The van der Waals surface area contributed by atoms with Crippen LogP contribution in [0.2, 0.25) is 0 Å². The fraction of sp³-hybridized carbons (Fsp3) is 0.923. The van der Waals surface area contributed by atoms with Crippen molar-refractivity contribution in [2.75, 3.05) is 13.1 Å². The quantitative estimate of drug-likeness (QED) is 0.687. The summed E-state index contributed by atoms with van der Waals surface area (Å²) in [4.78, 5) is 13.3. The highest BCUT2D eigenvalue weighted by Gasteiger charge is 2.40. The maximum Gasteiger partial charge on any atom is 0.219 e. The second-order valence-electron chi connectivity index (χ2n) is 5.55. The predicted octanol–water partition coefficient (Wildman–Crippen LogP) is 2.93. The molecule has 0 aromatic carbocycles. The van der Waals surface area contributed by atoms with Gasteiger partial charge in [0.15, 0.2) is 0 Å². The van der Waals surface area contributed by atoms with Crippen molar-refractivity contribution in [3.8, 4) is 0 Å². The van der Waals surface area contributed by atoms with Crippen LogP contribution in [0.3, 0.4) is 0 Å². The molecule has 1 rings (SSSR count). The van der Waals surface area contributed by atoms with E-state index in [1.165, 1.54) is 12.8 Å². The van der Waals surface area contributed by atoms with E-state index in [4.69, 9.17) is 0 Å². The molecule has 2 nitrogen and oxygen atoms in total. The first kappa shape index (κ1) is 12.5. The number of carbonyl (C=O) groups is 1. The summed E-state index contributed by atoms with van der Waals surface area (Å²) >= 11 is 0. The van der Waals surface area contributed by atoms with Crippen molar-refractivity contribution in [1.29, 1.82) is 0 Å². The Labute approximate surface area is 94.0 Å². The van der Waals surface area contributed by atoms with Gasteiger partial charge in [-0.3, -0.25) is 4.79 Å². The lowest BCUT2D eigenvalue weighted by molar-refractivity contribution is -0.132. The third-order valence-electron chi connectivity index (χ3n) is 4.44. The Morgan fingerprint density at radius 3 is 1.73 bits per heavy atom. The molecule has 0 bridgehead atoms. The van der Waals surface area contributed by atoms with E-state index < -0.39 is 0 Å². The lowest BCUT2D eigenvalue weighted by atomic mass is 9.63. The standard InChI is InChI=1S/C13H25NO/c1-10(2)13(11(3)4)6-8-14(9-7-13)12(5)15/h10-11H,6-9H2,1-5H3. The van der Waals surface area contributed by atoms with Crippen LogP contribution in [0.1, 0.15) is 47.5 Å². The molecule has 1 amide bonds. The summed E-state index contributed by atoms with van der Waals surface area (Å²) in [6.07, 6.45) is 2.34. The Morgan fingerprint density at radius 2 is 1.47 bits per heavy atom. The van der Waals surface area contributed by atoms with Crippen LogP contribution >= 0.6 is 0 Å². The molecular weight excluding hydrogens is 186 g/mol. The zero-order valence-corrected chi connectivity index (χ0v) is 10.8. The Balaban J connectivity index is 2.70. The normalized spacial score (nSPS) is 21.1. The van der Waals surface area contributed by atoms with E-state index >= 15 is 0 Å². The number of likely N-dealkylation sites (tertiary alicyclic amines) is 1. The summed E-state index contributed by atoms with van der Waals surface area (Å²) in [7, 11) is 0. The van der Waals surface area contributed by atoms with E-state index in [1.54, 1.807) is 6.92 Å². The summed E-state index contributed by atoms with van der Waals surface area (Å²) in [5.74, 6) is 1.66. The largest absolute Gasteiger partial charge is 0.343 e. The number of hydrogen-bond acceptors (Lipinski definition) is 1. The van der Waals surface area contributed by atoms with Gasteiger partial charge in [-0.05, 0) is 30.1 Å². The monoisotopic (exact) mass is 211 g/mol. The van der Waals surface area contributed by atoms with Gasteiger partial charge in [0.05, 0.1) is 0 Å². The lowest BCUT2D eigenvalue weighted by Crippen LogP contribution is -2.46. The van der Waals surface area contributed by atoms with Crippen molar-refractivity contribution >= 4 is 5.91 Å². The third kappa shape index (κ3) is 2.35. The highest BCUT2D eigenvalue weighted by molar-refractivity contribution is 5.73. The van der Waals surface area contributed by atoms with Crippen molar-refractivity contribution in [2.45, 2.75) is 47.5 Å². The summed E-state index contributed by atoms with van der Waals surface area (Å²) in [5, 5.41) is 0. The van der Waals surface area contributed by atoms with E-state index in [9.17, 15) is 4.79 Å². The van der Waals surface area contributed by atoms with Crippen LogP contribution in [-0.2, 0) is 4.79 Å². The van der Waals surface area contributed by atoms with Crippen molar-refractivity contribution in [2.24, 2.45) is 17.3 Å². The van der Waals surface area contributed by atoms with Crippen LogP contribution in [0.5, 0.6) is 0 Å². The molecule has 15 heavy (non-hydrogen) atoms. The van der Waals surface area contributed by atoms with Gasteiger partial charge in [-0.1, -0.05) is 27.7 Å². The lowest BCUT2D eigenvalue weighted by Gasteiger charge is -2.47. The highest BCUT2D eigenvalue weighted by Crippen LogP contribution is 2.44. The fourth-order valence-corrected chi connectivity index (χ4v) is 3.06. The van der Waals surface area contributed by atoms with Crippen LogP contribution < -0.4 is 0 Å². The molecule has 0 spiro atoms. The molecular formula is C13H25NO. The predicted molar refractivity (Wildman–Crippen MR) is 63.6 cm³/mol. The Bertz CT molecular complexity index is 215. The van der Waals surface area contributed by atoms with E-state index in [1.807, 2.05) is 4.90 Å². The van der Waals surface area contributed by atoms with Crippen molar-refractivity contribution in [1.82, 2.24) is 4.90 Å². The first-order chi connectivity index (χ1) is 6.90. The van der Waals surface area contributed by atoms with Crippen molar-refractivity contribution in [3.63, 3.8) is 0 Å². The topological polar surface area (TPSA) is 20.3 Å². The molecule has 0 radical (unpaired) electrons. The molecule has 88 valence electrons. The van der Waals surface area contributed by atoms with E-state index in [0.717, 1.165) is 13.1 Å². The van der Waals surface area contributed by atoms with Crippen molar-refractivity contribution < 1.29 is 4.79 Å². The first-order valence-electron chi connectivity index (χ1n) is 6.15. The smallest absolute Gasteiger partial charge is 0.219 e. The van der Waals surface area contributed by atoms with Gasteiger partial charge in [0, 0.05) is 20.0 Å². The second-order valence-corrected chi connectivity index (χ2v) is 5.55. The first-order valence-corrected chi connectivity index (χ1v) is 6.15. The van der Waals surface area contributed by atoms with Crippen molar-refractivity contribution in [3.05, 3.63) is 0 Å². The summed E-state index contributed by atoms with van der Waals surface area (Å²) < 4.78 is 0. The van der Waals surface area contributed by atoms with Gasteiger partial charge in [-0.25, -0.2) is 0 Å². The molecule has 0 N–H and O–H groups in total. The number of carbonyl (C=O) groups excluding carboxylic acids is 1. The zero-order chi connectivity index (χ0) is 11.6. The average Bonchev–Trinajstić information content (AvgIpc) is 2.17. The minimum absolute atomic E-state index is 0.233. The zero-order valence-electron chi connectivity index (χ0n) is 10.8. The van der Waals surface area contributed by atoms with Gasteiger partial charge in [0.1, 0.15) is 0 Å². The van der Waals surface area contributed by atoms with Crippen LogP contribution in [0.15, 0.2) is 0 Å². The van der Waals surface area contributed by atoms with Gasteiger partial charge < -0.3 is 4.90 Å². The van der Waals surface area contributed by atoms with Gasteiger partial charge in [-0.15, -0.1) is 0 Å². The molecule has 1 saturated heterocycles. The number of hydrogen-bond donors (Lipinski definition) is 0. The maximum atomic E-state index is 11.3. The van der Waals surface area contributed by atoms with Crippen LogP contribution in [0, 0.1) is 17.3 Å². The summed E-state index contributed by atoms with van der Waals surface area (Å²) in [6, 6.07) is 0. The Morgan fingerprint density at radius 1 is 1.07 bits per heavy atom. The third-order valence-corrected chi connectivity index (χ3v) is 4.44. The van der Waals surface area contributed by atoms with E-state index in [-0.39, 0.29) is 5.91 Å². The minimum atomic E-state index is 0.233. The molecule has 0 atom stereocenters. The number of piperidine rings is 1. The molecule has 0 aromatic heterocycles. The van der Waals surface area contributed by atoms with Gasteiger partial charge in [0.2, 0.25) is 5.91 Å². The Kier molecular flexibility index (Phi) is 3.80. The molecule has 1 aliphatic rings. The second kappa shape index (κ2) is 4.54. The van der Waals surface area contributed by atoms with E-state index in [2.05, 4.69) is 27.7 Å². The van der Waals surface area contributed by atoms with E-state index in [0.29, 0.717) is 17.3 Å². The molecule has 1 fully saturated rings. The fourth-order valence-electron chi connectivity index (χ4n) is 3.06. The average molecular weight is 211 g/mol. The highest BCUT2D eigenvalue weighted by atomic mass is 16.2. The number of nitrogens with zero attached hydrogens (tertiary/aromatic N) is 1. The van der Waals surface area contributed by atoms with Gasteiger partial charge >= 0.3 is 0 Å². The summed E-state index contributed by atoms with van der Waals surface area (Å²) in [5.41, 5.74) is 0.450. The summed E-state index contributed by atoms with van der Waals surface area (Å²) in [6.45, 7) is 12.9. The molecule has 1 heterocycles. The van der Waals surface area contributed by atoms with Gasteiger partial charge in [-0.2, -0.15) is 0 Å². The Hall–Kier alpha value is -0.530. The maximum absolute atomic E-state index is 11.3. The number of rotatable bonds is 2. The number of amides is 1. The molecule has 0 unspecified atom stereocenters. The molecule has 1 aliphatic heterocycles. The molecule has 2 heteroatoms. The minimum Gasteiger partial charge on any atom is -0.343 e. The van der Waals surface area contributed by atoms with Gasteiger partial charge in [0.25, 0.3) is 0 Å². The van der Waals surface area contributed by atoms with Crippen LogP contribution in [-0.4, -0.2) is 23.9 Å². The SMILES string of the molecule is CC(=O)N1CCC(C(C)C)(C(C)C)CC1. The molecule has 0 aromatic rings.